The lowest BCUT2D eigenvalue weighted by molar-refractivity contribution is 0.500. The molecule has 5 heteroatoms. The molecule has 1 rings (SSSR count). The molecule has 0 saturated heterocycles. The molecule has 0 bridgehead atoms. The second-order valence-corrected chi connectivity index (χ2v) is 4.48. The Hall–Kier alpha value is -1.23. The van der Waals surface area contributed by atoms with E-state index in [1.54, 1.807) is 0 Å². The predicted octanol–water partition coefficient (Wildman–Crippen LogP) is 1.54. The third kappa shape index (κ3) is 3.36. The first-order chi connectivity index (χ1) is 8.08. The van der Waals surface area contributed by atoms with Crippen LogP contribution in [0.15, 0.2) is 0 Å². The first-order valence-corrected chi connectivity index (χ1v) is 6.29. The Labute approximate surface area is 103 Å². The maximum atomic E-state index is 5.75. The lowest BCUT2D eigenvalue weighted by Crippen LogP contribution is -2.42. The fraction of sp³-hybridized carbons (Fsp3) is 0.750. The third-order valence-electron chi connectivity index (χ3n) is 3.15. The minimum absolute atomic E-state index is 0.166. The van der Waals surface area contributed by atoms with Gasteiger partial charge < -0.3 is 11.1 Å². The molecule has 0 radical (unpaired) electrons. The van der Waals surface area contributed by atoms with Gasteiger partial charge in [-0.25, -0.2) is 4.98 Å². The van der Waals surface area contributed by atoms with E-state index in [9.17, 15) is 0 Å². The van der Waals surface area contributed by atoms with Gasteiger partial charge in [-0.15, -0.1) is 5.10 Å². The summed E-state index contributed by atoms with van der Waals surface area (Å²) in [6.45, 7) is 8.84. The number of rotatable bonds is 6. The van der Waals surface area contributed by atoms with Crippen molar-refractivity contribution in [2.75, 3.05) is 11.9 Å². The van der Waals surface area contributed by atoms with E-state index >= 15 is 0 Å². The summed E-state index contributed by atoms with van der Waals surface area (Å²) in [6, 6.07) is 0. The van der Waals surface area contributed by atoms with Gasteiger partial charge in [-0.3, -0.25) is 0 Å². The van der Waals surface area contributed by atoms with E-state index in [1.807, 2.05) is 0 Å². The Morgan fingerprint density at radius 3 is 2.24 bits per heavy atom. The lowest BCUT2D eigenvalue weighted by atomic mass is 10.00. The van der Waals surface area contributed by atoms with Gasteiger partial charge in [0.2, 0.25) is 5.95 Å². The summed E-state index contributed by atoms with van der Waals surface area (Å²) in [7, 11) is 0. The molecule has 0 amide bonds. The highest BCUT2D eigenvalue weighted by molar-refractivity contribution is 5.30. The van der Waals surface area contributed by atoms with Crippen LogP contribution in [0.2, 0.25) is 0 Å². The van der Waals surface area contributed by atoms with Crippen molar-refractivity contribution >= 4 is 5.95 Å². The van der Waals surface area contributed by atoms with Crippen LogP contribution < -0.4 is 11.1 Å². The van der Waals surface area contributed by atoms with Crippen molar-refractivity contribution in [2.45, 2.75) is 52.5 Å². The molecular weight excluding hydrogens is 214 g/mol. The SMILES string of the molecule is CCc1nnc(NC(C)(CC)CN)nc1CC. The Morgan fingerprint density at radius 1 is 1.12 bits per heavy atom. The van der Waals surface area contributed by atoms with Crippen LogP contribution in [0.4, 0.5) is 5.95 Å². The van der Waals surface area contributed by atoms with E-state index in [0.717, 1.165) is 30.7 Å². The van der Waals surface area contributed by atoms with Gasteiger partial charge in [0.15, 0.2) is 0 Å². The molecule has 0 fully saturated rings. The van der Waals surface area contributed by atoms with E-state index in [1.165, 1.54) is 0 Å². The molecule has 1 unspecified atom stereocenters. The van der Waals surface area contributed by atoms with Gasteiger partial charge >= 0.3 is 0 Å². The van der Waals surface area contributed by atoms with Crippen LogP contribution >= 0.6 is 0 Å². The highest BCUT2D eigenvalue weighted by Gasteiger charge is 2.21. The molecule has 0 aliphatic rings. The highest BCUT2D eigenvalue weighted by atomic mass is 15.3. The van der Waals surface area contributed by atoms with Crippen LogP contribution in [0, 0.1) is 0 Å². The first-order valence-electron chi connectivity index (χ1n) is 6.29. The minimum atomic E-state index is -0.166. The predicted molar refractivity (Wildman–Crippen MR) is 70.0 cm³/mol. The maximum absolute atomic E-state index is 5.75. The molecular formula is C12H23N5. The average molecular weight is 237 g/mol. The molecule has 0 saturated carbocycles. The van der Waals surface area contributed by atoms with Gasteiger partial charge in [-0.2, -0.15) is 5.10 Å². The molecule has 0 spiro atoms. The molecule has 0 aromatic carbocycles. The average Bonchev–Trinajstić information content (AvgIpc) is 2.38. The van der Waals surface area contributed by atoms with Crippen molar-refractivity contribution in [1.82, 2.24) is 15.2 Å². The molecule has 17 heavy (non-hydrogen) atoms. The Bertz CT molecular complexity index is 360. The second-order valence-electron chi connectivity index (χ2n) is 4.48. The number of aromatic nitrogens is 3. The summed E-state index contributed by atoms with van der Waals surface area (Å²) in [4.78, 5) is 4.50. The molecule has 1 aromatic rings. The van der Waals surface area contributed by atoms with Gasteiger partial charge in [-0.1, -0.05) is 20.8 Å². The zero-order valence-corrected chi connectivity index (χ0v) is 11.2. The number of nitrogens with two attached hydrogens (primary N) is 1. The Kier molecular flexibility index (Phi) is 4.81. The molecule has 0 aliphatic heterocycles. The number of nitrogens with one attached hydrogen (secondary N) is 1. The van der Waals surface area contributed by atoms with E-state index < -0.39 is 0 Å². The number of aryl methyl sites for hydroxylation is 2. The lowest BCUT2D eigenvalue weighted by Gasteiger charge is -2.27. The van der Waals surface area contributed by atoms with Crippen LogP contribution in [-0.2, 0) is 12.8 Å². The van der Waals surface area contributed by atoms with Crippen LogP contribution in [-0.4, -0.2) is 27.3 Å². The quantitative estimate of drug-likeness (QED) is 0.784. The normalized spacial score (nSPS) is 14.4. The summed E-state index contributed by atoms with van der Waals surface area (Å²) in [5.41, 5.74) is 7.58. The smallest absolute Gasteiger partial charge is 0.243 e. The van der Waals surface area contributed by atoms with Crippen molar-refractivity contribution in [3.05, 3.63) is 11.4 Å². The summed E-state index contributed by atoms with van der Waals surface area (Å²) in [6.07, 6.45) is 2.66. The van der Waals surface area contributed by atoms with Crippen molar-refractivity contribution in [2.24, 2.45) is 5.73 Å². The monoisotopic (exact) mass is 237 g/mol. The molecule has 1 atom stereocenters. The topological polar surface area (TPSA) is 76.7 Å². The number of hydrogen-bond acceptors (Lipinski definition) is 5. The van der Waals surface area contributed by atoms with Crippen LogP contribution in [0.1, 0.15) is 45.5 Å². The summed E-state index contributed by atoms with van der Waals surface area (Å²) in [5, 5.41) is 11.6. The molecule has 3 N–H and O–H groups in total. The highest BCUT2D eigenvalue weighted by Crippen LogP contribution is 2.14. The van der Waals surface area contributed by atoms with Crippen LogP contribution in [0.5, 0.6) is 0 Å². The Balaban J connectivity index is 2.93. The fourth-order valence-corrected chi connectivity index (χ4v) is 1.54. The first kappa shape index (κ1) is 13.8. The molecule has 1 aromatic heterocycles. The van der Waals surface area contributed by atoms with Gasteiger partial charge in [-0.05, 0) is 26.2 Å². The third-order valence-corrected chi connectivity index (χ3v) is 3.15. The number of hydrogen-bond donors (Lipinski definition) is 2. The van der Waals surface area contributed by atoms with Crippen LogP contribution in [0.25, 0.3) is 0 Å². The summed E-state index contributed by atoms with van der Waals surface area (Å²) >= 11 is 0. The molecule has 0 aliphatic carbocycles. The number of nitrogens with zero attached hydrogens (tertiary/aromatic N) is 3. The van der Waals surface area contributed by atoms with Gasteiger partial charge in [0.1, 0.15) is 0 Å². The van der Waals surface area contributed by atoms with E-state index in [4.69, 9.17) is 5.73 Å². The van der Waals surface area contributed by atoms with Crippen molar-refractivity contribution < 1.29 is 0 Å². The molecule has 1 heterocycles. The molecule has 5 nitrogen and oxygen atoms in total. The zero-order valence-electron chi connectivity index (χ0n) is 11.2. The second kappa shape index (κ2) is 5.91. The maximum Gasteiger partial charge on any atom is 0.243 e. The number of anilines is 1. The van der Waals surface area contributed by atoms with Crippen LogP contribution in [0.3, 0.4) is 0 Å². The largest absolute Gasteiger partial charge is 0.346 e. The van der Waals surface area contributed by atoms with Gasteiger partial charge in [0.25, 0.3) is 0 Å². The summed E-state index contributed by atoms with van der Waals surface area (Å²) < 4.78 is 0. The van der Waals surface area contributed by atoms with Crippen molar-refractivity contribution in [3.63, 3.8) is 0 Å². The Morgan fingerprint density at radius 2 is 1.76 bits per heavy atom. The van der Waals surface area contributed by atoms with E-state index in [0.29, 0.717) is 12.5 Å². The van der Waals surface area contributed by atoms with Crippen molar-refractivity contribution in [3.8, 4) is 0 Å². The zero-order chi connectivity index (χ0) is 12.9. The van der Waals surface area contributed by atoms with Crippen molar-refractivity contribution in [1.29, 1.82) is 0 Å². The van der Waals surface area contributed by atoms with Gasteiger partial charge in [0.05, 0.1) is 11.4 Å². The van der Waals surface area contributed by atoms with E-state index in [2.05, 4.69) is 48.2 Å². The van der Waals surface area contributed by atoms with E-state index in [-0.39, 0.29) is 5.54 Å². The summed E-state index contributed by atoms with van der Waals surface area (Å²) in [5.74, 6) is 0.578. The minimum Gasteiger partial charge on any atom is -0.346 e. The standard InChI is InChI=1S/C12H23N5/c1-5-9-10(6-2)16-17-11(14-9)15-12(4,7-3)8-13/h5-8,13H2,1-4H3,(H,14,15,17). The molecule has 96 valence electrons. The fourth-order valence-electron chi connectivity index (χ4n) is 1.54. The van der Waals surface area contributed by atoms with Gasteiger partial charge in [0, 0.05) is 12.1 Å².